The van der Waals surface area contributed by atoms with Crippen LogP contribution in [-0.2, 0) is 6.54 Å². The topological polar surface area (TPSA) is 55.4 Å². The molecule has 0 aliphatic carbocycles. The fraction of sp³-hybridized carbons (Fsp3) is 0.143. The Morgan fingerprint density at radius 3 is 3.42 bits per heavy atom. The van der Waals surface area contributed by atoms with Crippen LogP contribution in [0, 0.1) is 0 Å². The Kier molecular flexibility index (Phi) is 0.910. The standard InChI is InChI=1S/C7H5N5/c1-5-2-10-11-12(5)7-4-8-3-6(7)9-1/h2-4H,1H2. The van der Waals surface area contributed by atoms with Crippen LogP contribution in [0.3, 0.4) is 0 Å². The Bertz CT molecular complexity index is 423. The van der Waals surface area contributed by atoms with Crippen molar-refractivity contribution in [2.45, 2.75) is 6.54 Å². The van der Waals surface area contributed by atoms with E-state index < -0.39 is 0 Å². The number of fused-ring (bicyclic) bond motifs is 3. The van der Waals surface area contributed by atoms with Gasteiger partial charge in [0.25, 0.3) is 0 Å². The zero-order valence-electron chi connectivity index (χ0n) is 6.18. The van der Waals surface area contributed by atoms with E-state index in [-0.39, 0.29) is 0 Å². The van der Waals surface area contributed by atoms with Crippen LogP contribution in [0.15, 0.2) is 22.4 Å². The summed E-state index contributed by atoms with van der Waals surface area (Å²) in [6.07, 6.45) is 5.20. The summed E-state index contributed by atoms with van der Waals surface area (Å²) in [4.78, 5) is 8.30. The van der Waals surface area contributed by atoms with Crippen LogP contribution in [0.1, 0.15) is 5.69 Å². The fourth-order valence-electron chi connectivity index (χ4n) is 1.33. The van der Waals surface area contributed by atoms with Gasteiger partial charge in [-0.2, -0.15) is 0 Å². The lowest BCUT2D eigenvalue weighted by Crippen LogP contribution is -2.16. The molecule has 0 aromatic carbocycles. The van der Waals surface area contributed by atoms with Gasteiger partial charge in [-0.1, -0.05) is 5.21 Å². The van der Waals surface area contributed by atoms with Crippen LogP contribution in [0.5, 0.6) is 0 Å². The number of aromatic nitrogens is 3. The lowest BCUT2D eigenvalue weighted by molar-refractivity contribution is 0.774. The molecule has 5 heteroatoms. The summed E-state index contributed by atoms with van der Waals surface area (Å²) in [5.74, 6) is 0. The van der Waals surface area contributed by atoms with Gasteiger partial charge in [0.2, 0.25) is 0 Å². The van der Waals surface area contributed by atoms with Gasteiger partial charge in [-0.05, 0) is 0 Å². The van der Waals surface area contributed by atoms with Crippen LogP contribution in [0.4, 0.5) is 0 Å². The van der Waals surface area contributed by atoms with Crippen molar-refractivity contribution in [1.82, 2.24) is 15.0 Å². The third-order valence-corrected chi connectivity index (χ3v) is 1.92. The van der Waals surface area contributed by atoms with Crippen molar-refractivity contribution in [1.29, 1.82) is 0 Å². The highest BCUT2D eigenvalue weighted by atomic mass is 15.4. The van der Waals surface area contributed by atoms with Crippen LogP contribution in [0.25, 0.3) is 5.70 Å². The molecule has 12 heavy (non-hydrogen) atoms. The SMILES string of the molecule is C1=NC=C2C1=NCc1cnnn12. The average Bonchev–Trinajstić information content (AvgIpc) is 2.71. The normalized spacial score (nSPS) is 18.3. The van der Waals surface area contributed by atoms with Gasteiger partial charge in [-0.15, -0.1) is 5.10 Å². The minimum Gasteiger partial charge on any atom is -0.275 e. The van der Waals surface area contributed by atoms with E-state index in [1.54, 1.807) is 23.3 Å². The number of nitrogens with zero attached hydrogens (tertiary/aromatic N) is 5. The predicted molar refractivity (Wildman–Crippen MR) is 43.9 cm³/mol. The molecule has 0 saturated carbocycles. The van der Waals surface area contributed by atoms with Gasteiger partial charge in [0.05, 0.1) is 30.9 Å². The van der Waals surface area contributed by atoms with Gasteiger partial charge in [0, 0.05) is 0 Å². The third-order valence-electron chi connectivity index (χ3n) is 1.92. The highest BCUT2D eigenvalue weighted by molar-refractivity contribution is 6.50. The Hall–Kier alpha value is -1.78. The second-order valence-corrected chi connectivity index (χ2v) is 2.63. The number of rotatable bonds is 0. The van der Waals surface area contributed by atoms with E-state index in [0.29, 0.717) is 6.54 Å². The van der Waals surface area contributed by atoms with E-state index in [2.05, 4.69) is 20.3 Å². The van der Waals surface area contributed by atoms with Crippen LogP contribution >= 0.6 is 0 Å². The molecule has 1 aromatic heterocycles. The highest BCUT2D eigenvalue weighted by Crippen LogP contribution is 2.18. The summed E-state index contributed by atoms with van der Waals surface area (Å²) in [5, 5.41) is 7.74. The van der Waals surface area contributed by atoms with E-state index >= 15 is 0 Å². The Balaban J connectivity index is 2.26. The monoisotopic (exact) mass is 159 g/mol. The minimum atomic E-state index is 0.645. The van der Waals surface area contributed by atoms with Crippen molar-refractivity contribution >= 4 is 17.6 Å². The quantitative estimate of drug-likeness (QED) is 0.539. The summed E-state index contributed by atoms with van der Waals surface area (Å²) in [5.41, 5.74) is 2.83. The first-order chi connectivity index (χ1) is 5.95. The van der Waals surface area contributed by atoms with Crippen LogP contribution < -0.4 is 0 Å². The first-order valence-electron chi connectivity index (χ1n) is 3.63. The molecule has 3 rings (SSSR count). The second kappa shape index (κ2) is 1.88. The van der Waals surface area contributed by atoms with E-state index in [1.807, 2.05) is 0 Å². The molecule has 5 nitrogen and oxygen atoms in total. The number of hydrogen-bond donors (Lipinski definition) is 0. The first kappa shape index (κ1) is 5.82. The summed E-state index contributed by atoms with van der Waals surface area (Å²) >= 11 is 0. The number of allylic oxidation sites excluding steroid dienone is 1. The van der Waals surface area contributed by atoms with Crippen molar-refractivity contribution in [3.63, 3.8) is 0 Å². The molecule has 0 unspecified atom stereocenters. The molecule has 0 amide bonds. The molecule has 0 radical (unpaired) electrons. The van der Waals surface area contributed by atoms with E-state index in [4.69, 9.17) is 0 Å². The Morgan fingerprint density at radius 2 is 2.42 bits per heavy atom. The van der Waals surface area contributed by atoms with Gasteiger partial charge in [-0.3, -0.25) is 9.98 Å². The zero-order chi connectivity index (χ0) is 7.97. The van der Waals surface area contributed by atoms with E-state index in [1.165, 1.54) is 0 Å². The van der Waals surface area contributed by atoms with Gasteiger partial charge in [0.15, 0.2) is 0 Å². The smallest absolute Gasteiger partial charge is 0.112 e. The second-order valence-electron chi connectivity index (χ2n) is 2.63. The minimum absolute atomic E-state index is 0.645. The first-order valence-corrected chi connectivity index (χ1v) is 3.63. The fourth-order valence-corrected chi connectivity index (χ4v) is 1.33. The van der Waals surface area contributed by atoms with Crippen molar-refractivity contribution in [3.8, 4) is 0 Å². The maximum absolute atomic E-state index is 4.30. The summed E-state index contributed by atoms with van der Waals surface area (Å²) in [6.45, 7) is 0.645. The largest absolute Gasteiger partial charge is 0.275 e. The highest BCUT2D eigenvalue weighted by Gasteiger charge is 2.20. The summed E-state index contributed by atoms with van der Waals surface area (Å²) in [6, 6.07) is 0. The van der Waals surface area contributed by atoms with Gasteiger partial charge in [0.1, 0.15) is 11.4 Å². The molecule has 0 spiro atoms. The predicted octanol–water partition coefficient (Wildman–Crippen LogP) is 0.115. The molecular formula is C7H5N5. The van der Waals surface area contributed by atoms with Gasteiger partial charge < -0.3 is 0 Å². The number of hydrogen-bond acceptors (Lipinski definition) is 4. The zero-order valence-corrected chi connectivity index (χ0v) is 6.18. The van der Waals surface area contributed by atoms with E-state index in [0.717, 1.165) is 17.1 Å². The Labute approximate surface area is 68.1 Å². The molecule has 2 aliphatic heterocycles. The lowest BCUT2D eigenvalue weighted by atomic mass is 10.2. The summed E-state index contributed by atoms with van der Waals surface area (Å²) < 4.78 is 1.77. The molecule has 0 fully saturated rings. The molecule has 1 aromatic rings. The average molecular weight is 159 g/mol. The molecule has 0 bridgehead atoms. The summed E-state index contributed by atoms with van der Waals surface area (Å²) in [7, 11) is 0. The molecule has 0 saturated heterocycles. The van der Waals surface area contributed by atoms with Crippen LogP contribution in [0.2, 0.25) is 0 Å². The van der Waals surface area contributed by atoms with Gasteiger partial charge in [-0.25, -0.2) is 4.68 Å². The van der Waals surface area contributed by atoms with Gasteiger partial charge >= 0.3 is 0 Å². The molecule has 3 heterocycles. The van der Waals surface area contributed by atoms with Crippen molar-refractivity contribution in [3.05, 3.63) is 18.1 Å². The van der Waals surface area contributed by atoms with Crippen molar-refractivity contribution < 1.29 is 0 Å². The number of aliphatic imine (C=N–C) groups is 2. The third kappa shape index (κ3) is 0.578. The van der Waals surface area contributed by atoms with E-state index in [9.17, 15) is 0 Å². The van der Waals surface area contributed by atoms with Crippen molar-refractivity contribution in [2.24, 2.45) is 9.98 Å². The van der Waals surface area contributed by atoms with Crippen molar-refractivity contribution in [2.75, 3.05) is 0 Å². The maximum atomic E-state index is 4.30. The molecular weight excluding hydrogens is 154 g/mol. The molecule has 0 atom stereocenters. The molecule has 58 valence electrons. The lowest BCUT2D eigenvalue weighted by Gasteiger charge is -2.10. The maximum Gasteiger partial charge on any atom is 0.112 e. The molecule has 2 aliphatic rings. The Morgan fingerprint density at radius 1 is 1.42 bits per heavy atom. The van der Waals surface area contributed by atoms with Crippen LogP contribution in [-0.4, -0.2) is 26.9 Å². The molecule has 0 N–H and O–H groups in total.